The van der Waals surface area contributed by atoms with Crippen LogP contribution in [-0.2, 0) is 30.6 Å². The van der Waals surface area contributed by atoms with E-state index in [9.17, 15) is 36.7 Å². The van der Waals surface area contributed by atoms with Gasteiger partial charge in [-0.2, -0.15) is 0 Å². The van der Waals surface area contributed by atoms with Gasteiger partial charge < -0.3 is 25.8 Å². The average Bonchev–Trinajstić information content (AvgIpc) is 2.99. The number of sulfone groups is 1. The Morgan fingerprint density at radius 1 is 1.09 bits per heavy atom. The van der Waals surface area contributed by atoms with E-state index in [0.29, 0.717) is 31.2 Å². The van der Waals surface area contributed by atoms with Gasteiger partial charge in [0, 0.05) is 37.9 Å². The Morgan fingerprint density at radius 2 is 1.78 bits per heavy atom. The van der Waals surface area contributed by atoms with Gasteiger partial charge in [0.1, 0.15) is 22.9 Å². The minimum Gasteiger partial charge on any atom is -0.389 e. The number of carbonyl (C=O) groups is 3. The fourth-order valence-corrected chi connectivity index (χ4v) is 7.13. The number of aromatic nitrogens is 1. The Labute approximate surface area is 273 Å². The van der Waals surface area contributed by atoms with Gasteiger partial charge in [-0.3, -0.25) is 19.4 Å². The van der Waals surface area contributed by atoms with Gasteiger partial charge in [-0.25, -0.2) is 17.2 Å². The molecular weight excluding hydrogens is 642 g/mol. The van der Waals surface area contributed by atoms with E-state index in [1.807, 2.05) is 20.8 Å². The van der Waals surface area contributed by atoms with Crippen molar-refractivity contribution in [1.29, 1.82) is 0 Å². The molecule has 0 aliphatic rings. The molecule has 2 rings (SSSR count). The first kappa shape index (κ1) is 39.0. The largest absolute Gasteiger partial charge is 0.389 e. The number of benzene rings is 1. The van der Waals surface area contributed by atoms with Gasteiger partial charge in [-0.05, 0) is 48.6 Å². The zero-order valence-electron chi connectivity index (χ0n) is 26.5. The highest BCUT2D eigenvalue weighted by molar-refractivity contribution is 8.00. The second-order valence-corrected chi connectivity index (χ2v) is 14.7. The van der Waals surface area contributed by atoms with Crippen molar-refractivity contribution in [3.8, 4) is 0 Å². The number of amides is 3. The summed E-state index contributed by atoms with van der Waals surface area (Å²) in [6, 6.07) is 2.71. The van der Waals surface area contributed by atoms with Gasteiger partial charge in [0.15, 0.2) is 9.84 Å². The summed E-state index contributed by atoms with van der Waals surface area (Å²) >= 11 is 1.06. The van der Waals surface area contributed by atoms with Crippen LogP contribution in [0.5, 0.6) is 0 Å². The number of ether oxygens (including phenoxy) is 1. The third-order valence-corrected chi connectivity index (χ3v) is 9.74. The predicted octanol–water partition coefficient (Wildman–Crippen LogP) is 2.28. The fraction of sp³-hybridized carbons (Fsp3) is 0.548. The molecule has 3 amide bonds. The third-order valence-electron chi connectivity index (χ3n) is 6.73. The van der Waals surface area contributed by atoms with Gasteiger partial charge in [0.05, 0.1) is 35.8 Å². The third kappa shape index (κ3) is 13.7. The Hall–Kier alpha value is -3.14. The van der Waals surface area contributed by atoms with Gasteiger partial charge in [-0.1, -0.05) is 27.2 Å². The Kier molecular flexibility index (Phi) is 16.6. The molecule has 1 unspecified atom stereocenters. The van der Waals surface area contributed by atoms with Crippen LogP contribution in [0.3, 0.4) is 0 Å². The van der Waals surface area contributed by atoms with Crippen molar-refractivity contribution in [2.75, 3.05) is 37.5 Å². The molecule has 4 N–H and O–H groups in total. The lowest BCUT2D eigenvalue weighted by Gasteiger charge is -2.31. The first-order valence-corrected chi connectivity index (χ1v) is 17.9. The number of carbonyl (C=O) groups excluding carboxylic acids is 3. The number of thioether (sulfide) groups is 1. The topological polar surface area (TPSA) is 164 Å². The molecule has 0 aliphatic carbocycles. The standard InChI is InChI=1S/C31H44F2N4O7S2/c1-5-6-12-46(42,43)19-26(37-29(39)22-8-7-9-34-18-22)30(40)36-25(15-21-13-23(32)16-24(33)14-21)27(38)28(45-11-10-44-4)31(41)35-17-20(2)3/h7-9,13-14,16,18,20,25-28,38H,5-6,10-12,15,17,19H2,1-4H3,(H,35,41)(H,36,40)(H,37,39)/t25-,26?,27+,28+/m0/s1. The number of pyridine rings is 1. The molecule has 4 atom stereocenters. The van der Waals surface area contributed by atoms with Crippen molar-refractivity contribution in [1.82, 2.24) is 20.9 Å². The van der Waals surface area contributed by atoms with Crippen LogP contribution in [0.15, 0.2) is 42.7 Å². The smallest absolute Gasteiger partial charge is 0.253 e. The van der Waals surface area contributed by atoms with Crippen LogP contribution >= 0.6 is 11.8 Å². The molecule has 0 fully saturated rings. The normalized spacial score (nSPS) is 14.3. The molecule has 1 aromatic carbocycles. The number of hydrogen-bond donors (Lipinski definition) is 4. The molecule has 15 heteroatoms. The lowest BCUT2D eigenvalue weighted by Crippen LogP contribution is -2.58. The van der Waals surface area contributed by atoms with Crippen LogP contribution in [0.4, 0.5) is 8.78 Å². The second-order valence-electron chi connectivity index (χ2n) is 11.2. The van der Waals surface area contributed by atoms with Crippen LogP contribution in [0.25, 0.3) is 0 Å². The molecule has 1 heterocycles. The summed E-state index contributed by atoms with van der Waals surface area (Å²) in [7, 11) is -2.36. The maximum Gasteiger partial charge on any atom is 0.253 e. The Bertz CT molecular complexity index is 1360. The van der Waals surface area contributed by atoms with Gasteiger partial charge in [-0.15, -0.1) is 11.8 Å². The molecule has 11 nitrogen and oxygen atoms in total. The SMILES string of the molecule is CCCCS(=O)(=O)CC(NC(=O)c1cccnc1)C(=O)N[C@@H](Cc1cc(F)cc(F)c1)[C@@H](O)[C@@H](SCCOC)C(=O)NCC(C)C. The van der Waals surface area contributed by atoms with E-state index in [1.54, 1.807) is 0 Å². The highest BCUT2D eigenvalue weighted by atomic mass is 32.2. The number of rotatable bonds is 20. The van der Waals surface area contributed by atoms with E-state index >= 15 is 0 Å². The van der Waals surface area contributed by atoms with Crippen LogP contribution in [0.1, 0.15) is 49.5 Å². The van der Waals surface area contributed by atoms with E-state index in [0.717, 1.165) is 23.9 Å². The summed E-state index contributed by atoms with van der Waals surface area (Å²) in [4.78, 5) is 43.9. The van der Waals surface area contributed by atoms with Crippen molar-refractivity contribution in [3.05, 3.63) is 65.5 Å². The molecule has 0 radical (unpaired) electrons. The van der Waals surface area contributed by atoms with Gasteiger partial charge >= 0.3 is 0 Å². The lowest BCUT2D eigenvalue weighted by atomic mass is 9.97. The molecule has 0 spiro atoms. The molecule has 256 valence electrons. The first-order chi connectivity index (χ1) is 21.8. The van der Waals surface area contributed by atoms with Crippen molar-refractivity contribution in [3.63, 3.8) is 0 Å². The molecule has 2 aromatic rings. The summed E-state index contributed by atoms with van der Waals surface area (Å²) in [6.07, 6.45) is 1.67. The second kappa shape index (κ2) is 19.5. The van der Waals surface area contributed by atoms with Crippen molar-refractivity contribution in [2.45, 2.75) is 63.5 Å². The minimum atomic E-state index is -3.84. The highest BCUT2D eigenvalue weighted by Gasteiger charge is 2.37. The fourth-order valence-electron chi connectivity index (χ4n) is 4.35. The van der Waals surface area contributed by atoms with E-state index in [1.165, 1.54) is 31.6 Å². The van der Waals surface area contributed by atoms with Crippen molar-refractivity contribution >= 4 is 39.3 Å². The van der Waals surface area contributed by atoms with E-state index in [-0.39, 0.29) is 35.8 Å². The first-order valence-electron chi connectivity index (χ1n) is 15.0. The van der Waals surface area contributed by atoms with Crippen LogP contribution < -0.4 is 16.0 Å². The van der Waals surface area contributed by atoms with Crippen LogP contribution in [0, 0.1) is 17.6 Å². The molecule has 46 heavy (non-hydrogen) atoms. The summed E-state index contributed by atoms with van der Waals surface area (Å²) < 4.78 is 59.2. The van der Waals surface area contributed by atoms with Gasteiger partial charge in [0.2, 0.25) is 11.8 Å². The van der Waals surface area contributed by atoms with E-state index < -0.39 is 68.4 Å². The Morgan fingerprint density at radius 3 is 2.37 bits per heavy atom. The monoisotopic (exact) mass is 686 g/mol. The Balaban J connectivity index is 2.49. The summed E-state index contributed by atoms with van der Waals surface area (Å²) in [5.41, 5.74) is 0.145. The average molecular weight is 687 g/mol. The summed E-state index contributed by atoms with van der Waals surface area (Å²) in [5, 5.41) is 18.2. The maximum absolute atomic E-state index is 14.1. The number of methoxy groups -OCH3 is 1. The summed E-state index contributed by atoms with van der Waals surface area (Å²) in [5.74, 6) is -4.63. The molecule has 0 saturated heterocycles. The number of nitrogens with zero attached hydrogens (tertiary/aromatic N) is 1. The maximum atomic E-state index is 14.1. The predicted molar refractivity (Wildman–Crippen MR) is 173 cm³/mol. The number of hydrogen-bond acceptors (Lipinski definition) is 9. The molecule has 0 aliphatic heterocycles. The number of halogens is 2. The van der Waals surface area contributed by atoms with Gasteiger partial charge in [0.25, 0.3) is 5.91 Å². The zero-order valence-corrected chi connectivity index (χ0v) is 28.1. The molecule has 1 aromatic heterocycles. The summed E-state index contributed by atoms with van der Waals surface area (Å²) in [6.45, 7) is 6.13. The molecule has 0 saturated carbocycles. The highest BCUT2D eigenvalue weighted by Crippen LogP contribution is 2.21. The van der Waals surface area contributed by atoms with E-state index in [4.69, 9.17) is 4.74 Å². The van der Waals surface area contributed by atoms with Crippen LogP contribution in [0.2, 0.25) is 0 Å². The van der Waals surface area contributed by atoms with Crippen molar-refractivity contribution < 1.29 is 41.4 Å². The van der Waals surface area contributed by atoms with Crippen molar-refractivity contribution in [2.24, 2.45) is 5.92 Å². The molecule has 0 bridgehead atoms. The number of aliphatic hydroxyl groups excluding tert-OH is 1. The number of unbranched alkanes of at least 4 members (excludes halogenated alkanes) is 1. The minimum absolute atomic E-state index is 0.0663. The quantitative estimate of drug-likeness (QED) is 0.153. The van der Waals surface area contributed by atoms with Crippen LogP contribution in [-0.4, -0.2) is 97.2 Å². The van der Waals surface area contributed by atoms with E-state index in [2.05, 4.69) is 20.9 Å². The zero-order chi connectivity index (χ0) is 34.3. The molecular formula is C31H44F2N4O7S2. The number of aliphatic hydroxyl groups is 1. The number of nitrogens with one attached hydrogen (secondary N) is 3. The lowest BCUT2D eigenvalue weighted by molar-refractivity contribution is -0.126.